The van der Waals surface area contributed by atoms with Crippen LogP contribution < -0.4 is 11.3 Å². The molecule has 0 bridgehead atoms. The lowest BCUT2D eigenvalue weighted by Gasteiger charge is -2.05. The third-order valence-electron chi connectivity index (χ3n) is 2.00. The topological polar surface area (TPSA) is 88.8 Å². The van der Waals surface area contributed by atoms with Crippen molar-refractivity contribution in [3.63, 3.8) is 0 Å². The molecule has 0 spiro atoms. The molecule has 0 fully saturated rings. The quantitative estimate of drug-likeness (QED) is 0.631. The predicted octanol–water partition coefficient (Wildman–Crippen LogP) is 0.950. The van der Waals surface area contributed by atoms with Crippen molar-refractivity contribution in [2.75, 3.05) is 0 Å². The molecular formula is C9H9N3O2S2. The van der Waals surface area contributed by atoms with E-state index in [2.05, 4.69) is 9.97 Å². The Morgan fingerprint density at radius 2 is 2.44 bits per heavy atom. The van der Waals surface area contributed by atoms with Crippen LogP contribution in [0.2, 0.25) is 0 Å². The van der Waals surface area contributed by atoms with Crippen LogP contribution in [-0.2, 0) is 4.79 Å². The second-order valence-corrected chi connectivity index (χ2v) is 5.40. The van der Waals surface area contributed by atoms with E-state index < -0.39 is 11.2 Å². The first-order valence-electron chi connectivity index (χ1n) is 4.51. The van der Waals surface area contributed by atoms with Gasteiger partial charge in [-0.3, -0.25) is 9.59 Å². The number of nitrogens with two attached hydrogens (primary N) is 1. The van der Waals surface area contributed by atoms with E-state index in [4.69, 9.17) is 5.73 Å². The largest absolute Gasteiger partial charge is 0.369 e. The SMILES string of the molecule is CC(Sc1nc2sccc2c(=O)[nH]1)C(N)=O. The summed E-state index contributed by atoms with van der Waals surface area (Å²) in [6, 6.07) is 1.72. The Bertz CT molecular complexity index is 590. The number of aromatic nitrogens is 2. The summed E-state index contributed by atoms with van der Waals surface area (Å²) in [6.07, 6.45) is 0. The van der Waals surface area contributed by atoms with Crippen LogP contribution in [0.25, 0.3) is 10.2 Å². The average Bonchev–Trinajstić information content (AvgIpc) is 2.65. The van der Waals surface area contributed by atoms with Gasteiger partial charge in [0.2, 0.25) is 5.91 Å². The fourth-order valence-corrected chi connectivity index (χ4v) is 2.70. The van der Waals surface area contributed by atoms with Gasteiger partial charge in [-0.2, -0.15) is 0 Å². The molecule has 16 heavy (non-hydrogen) atoms. The van der Waals surface area contributed by atoms with Gasteiger partial charge in [0.05, 0.1) is 10.6 Å². The van der Waals surface area contributed by atoms with Crippen molar-refractivity contribution in [3.8, 4) is 0 Å². The average molecular weight is 255 g/mol. The number of carbonyl (C=O) groups excluding carboxylic acids is 1. The number of primary amides is 1. The van der Waals surface area contributed by atoms with E-state index in [-0.39, 0.29) is 5.56 Å². The summed E-state index contributed by atoms with van der Waals surface area (Å²) in [7, 11) is 0. The highest BCUT2D eigenvalue weighted by molar-refractivity contribution is 8.00. The van der Waals surface area contributed by atoms with E-state index in [1.807, 2.05) is 0 Å². The third kappa shape index (κ3) is 2.10. The molecule has 2 aromatic heterocycles. The Morgan fingerprint density at radius 1 is 1.69 bits per heavy atom. The Hall–Kier alpha value is -1.34. The predicted molar refractivity (Wildman–Crippen MR) is 64.8 cm³/mol. The van der Waals surface area contributed by atoms with Crippen LogP contribution in [0.3, 0.4) is 0 Å². The van der Waals surface area contributed by atoms with Crippen LogP contribution in [-0.4, -0.2) is 21.1 Å². The molecule has 0 aliphatic carbocycles. The molecule has 2 aromatic rings. The van der Waals surface area contributed by atoms with Crippen LogP contribution in [0.4, 0.5) is 0 Å². The summed E-state index contributed by atoms with van der Waals surface area (Å²) in [5, 5.41) is 2.38. The minimum absolute atomic E-state index is 0.189. The summed E-state index contributed by atoms with van der Waals surface area (Å²) in [5.74, 6) is -0.432. The van der Waals surface area contributed by atoms with Crippen LogP contribution >= 0.6 is 23.1 Å². The monoisotopic (exact) mass is 255 g/mol. The van der Waals surface area contributed by atoms with Gasteiger partial charge in [-0.05, 0) is 18.4 Å². The van der Waals surface area contributed by atoms with Crippen molar-refractivity contribution in [1.82, 2.24) is 9.97 Å². The van der Waals surface area contributed by atoms with Gasteiger partial charge in [0.1, 0.15) is 4.83 Å². The number of nitrogens with one attached hydrogen (secondary N) is 1. The molecule has 0 aliphatic rings. The molecule has 2 heterocycles. The number of H-pyrrole nitrogens is 1. The van der Waals surface area contributed by atoms with Crippen molar-refractivity contribution in [3.05, 3.63) is 21.8 Å². The molecule has 1 amide bonds. The van der Waals surface area contributed by atoms with Gasteiger partial charge in [0.15, 0.2) is 5.16 Å². The molecule has 0 saturated carbocycles. The Balaban J connectivity index is 2.39. The molecule has 84 valence electrons. The smallest absolute Gasteiger partial charge is 0.260 e. The zero-order chi connectivity index (χ0) is 11.7. The fraction of sp³-hybridized carbons (Fsp3) is 0.222. The molecule has 1 atom stereocenters. The van der Waals surface area contributed by atoms with E-state index in [0.29, 0.717) is 15.4 Å². The number of hydrogen-bond donors (Lipinski definition) is 2. The first kappa shape index (κ1) is 11.2. The first-order chi connectivity index (χ1) is 7.58. The van der Waals surface area contributed by atoms with Crippen molar-refractivity contribution in [2.45, 2.75) is 17.3 Å². The standard InChI is InChI=1S/C9H9N3O2S2/c1-4(6(10)13)16-9-11-7(14)5-2-3-15-8(5)12-9/h2-4H,1H3,(H2,10,13)(H,11,12,14). The Labute approximate surface area is 99.1 Å². The molecular weight excluding hydrogens is 246 g/mol. The fourth-order valence-electron chi connectivity index (χ4n) is 1.13. The van der Waals surface area contributed by atoms with Crippen molar-refractivity contribution < 1.29 is 4.79 Å². The van der Waals surface area contributed by atoms with Gasteiger partial charge in [-0.25, -0.2) is 4.98 Å². The number of nitrogens with zero attached hydrogens (tertiary/aromatic N) is 1. The number of rotatable bonds is 3. The molecule has 0 aliphatic heterocycles. The summed E-state index contributed by atoms with van der Waals surface area (Å²) >= 11 is 2.54. The van der Waals surface area contributed by atoms with Crippen LogP contribution in [0.1, 0.15) is 6.92 Å². The highest BCUT2D eigenvalue weighted by Crippen LogP contribution is 2.21. The first-order valence-corrected chi connectivity index (χ1v) is 6.27. The second kappa shape index (κ2) is 4.26. The van der Waals surface area contributed by atoms with Gasteiger partial charge in [0.25, 0.3) is 5.56 Å². The highest BCUT2D eigenvalue weighted by atomic mass is 32.2. The number of carbonyl (C=O) groups is 1. The van der Waals surface area contributed by atoms with E-state index in [0.717, 1.165) is 11.8 Å². The maximum absolute atomic E-state index is 11.6. The minimum atomic E-state index is -0.432. The van der Waals surface area contributed by atoms with Crippen molar-refractivity contribution >= 4 is 39.2 Å². The summed E-state index contributed by atoms with van der Waals surface area (Å²) in [5.41, 5.74) is 4.95. The van der Waals surface area contributed by atoms with Crippen LogP contribution in [0.5, 0.6) is 0 Å². The molecule has 0 saturated heterocycles. The molecule has 2 rings (SSSR count). The van der Waals surface area contributed by atoms with Gasteiger partial charge in [0, 0.05) is 0 Å². The minimum Gasteiger partial charge on any atom is -0.369 e. The maximum Gasteiger partial charge on any atom is 0.260 e. The normalized spacial score (nSPS) is 12.8. The van der Waals surface area contributed by atoms with E-state index >= 15 is 0 Å². The highest BCUT2D eigenvalue weighted by Gasteiger charge is 2.13. The number of hydrogen-bond acceptors (Lipinski definition) is 5. The summed E-state index contributed by atoms with van der Waals surface area (Å²) in [6.45, 7) is 1.67. The van der Waals surface area contributed by atoms with Crippen molar-refractivity contribution in [1.29, 1.82) is 0 Å². The van der Waals surface area contributed by atoms with E-state index in [1.54, 1.807) is 18.4 Å². The van der Waals surface area contributed by atoms with E-state index in [9.17, 15) is 9.59 Å². The lowest BCUT2D eigenvalue weighted by atomic mass is 10.4. The van der Waals surface area contributed by atoms with Gasteiger partial charge < -0.3 is 10.7 Å². The lowest BCUT2D eigenvalue weighted by molar-refractivity contribution is -0.117. The van der Waals surface area contributed by atoms with Gasteiger partial charge in [-0.1, -0.05) is 11.8 Å². The van der Waals surface area contributed by atoms with Gasteiger partial charge >= 0.3 is 0 Å². The van der Waals surface area contributed by atoms with Gasteiger partial charge in [-0.15, -0.1) is 11.3 Å². The number of aromatic amines is 1. The molecule has 5 nitrogen and oxygen atoms in total. The lowest BCUT2D eigenvalue weighted by Crippen LogP contribution is -2.23. The summed E-state index contributed by atoms with van der Waals surface area (Å²) < 4.78 is 0. The zero-order valence-corrected chi connectivity index (χ0v) is 10.0. The zero-order valence-electron chi connectivity index (χ0n) is 8.39. The van der Waals surface area contributed by atoms with Crippen molar-refractivity contribution in [2.24, 2.45) is 5.73 Å². The van der Waals surface area contributed by atoms with Crippen LogP contribution in [0.15, 0.2) is 21.4 Å². The number of thioether (sulfide) groups is 1. The Morgan fingerprint density at radius 3 is 3.12 bits per heavy atom. The Kier molecular flexibility index (Phi) is 2.97. The number of fused-ring (bicyclic) bond motifs is 1. The molecule has 1 unspecified atom stereocenters. The third-order valence-corrected chi connectivity index (χ3v) is 3.81. The van der Waals surface area contributed by atoms with Crippen LogP contribution in [0, 0.1) is 0 Å². The molecule has 0 aromatic carbocycles. The molecule has 3 N–H and O–H groups in total. The second-order valence-electron chi connectivity index (χ2n) is 3.17. The number of amides is 1. The maximum atomic E-state index is 11.6. The summed E-state index contributed by atoms with van der Waals surface area (Å²) in [4.78, 5) is 30.0. The molecule has 0 radical (unpaired) electrons. The van der Waals surface area contributed by atoms with E-state index in [1.165, 1.54) is 11.3 Å². The number of thiophene rings is 1. The molecule has 7 heteroatoms.